The molecular formula is C28H30N4O4S2. The smallest absolute Gasteiger partial charge is 0.343 e. The maximum atomic E-state index is 13.2. The number of piperazine rings is 1. The van der Waals surface area contributed by atoms with Crippen LogP contribution >= 0.6 is 11.3 Å². The summed E-state index contributed by atoms with van der Waals surface area (Å²) < 4.78 is 34.4. The molecule has 1 fully saturated rings. The van der Waals surface area contributed by atoms with Crippen molar-refractivity contribution in [3.8, 4) is 5.75 Å². The SMILES string of the molecule is CCN(Cc1ccccc1)S(=O)(=O)c1ccc(C(=O)Oc2ccc3nc(N4CCN(C)CC4)sc3c2)cc1. The lowest BCUT2D eigenvalue weighted by Gasteiger charge is -2.31. The summed E-state index contributed by atoms with van der Waals surface area (Å²) in [5, 5.41) is 0.974. The van der Waals surface area contributed by atoms with Crippen LogP contribution < -0.4 is 9.64 Å². The fourth-order valence-corrected chi connectivity index (χ4v) is 6.80. The molecule has 1 aromatic heterocycles. The quantitative estimate of drug-likeness (QED) is 0.236. The molecule has 4 aromatic rings. The van der Waals surface area contributed by atoms with E-state index in [0.717, 1.165) is 47.1 Å². The van der Waals surface area contributed by atoms with Crippen molar-refractivity contribution in [2.75, 3.05) is 44.7 Å². The van der Waals surface area contributed by atoms with Gasteiger partial charge in [-0.1, -0.05) is 48.6 Å². The van der Waals surface area contributed by atoms with Crippen LogP contribution in [0.25, 0.3) is 10.2 Å². The fourth-order valence-electron chi connectivity index (χ4n) is 4.32. The minimum absolute atomic E-state index is 0.134. The van der Waals surface area contributed by atoms with Crippen molar-refractivity contribution in [2.24, 2.45) is 0 Å². The first-order valence-electron chi connectivity index (χ1n) is 12.5. The zero-order chi connectivity index (χ0) is 26.7. The van der Waals surface area contributed by atoms with Crippen molar-refractivity contribution in [1.82, 2.24) is 14.2 Å². The highest BCUT2D eigenvalue weighted by Gasteiger charge is 2.24. The molecule has 198 valence electrons. The number of anilines is 1. The van der Waals surface area contributed by atoms with E-state index in [2.05, 4.69) is 16.8 Å². The first-order chi connectivity index (χ1) is 18.3. The molecule has 2 heterocycles. The molecule has 0 atom stereocenters. The fraction of sp³-hybridized carbons (Fsp3) is 0.286. The minimum Gasteiger partial charge on any atom is -0.423 e. The van der Waals surface area contributed by atoms with Crippen LogP contribution in [-0.2, 0) is 16.6 Å². The van der Waals surface area contributed by atoms with Crippen LogP contribution in [0.5, 0.6) is 5.75 Å². The summed E-state index contributed by atoms with van der Waals surface area (Å²) in [6.45, 7) is 6.29. The number of hydrogen-bond donors (Lipinski definition) is 0. The summed E-state index contributed by atoms with van der Waals surface area (Å²) in [6, 6.07) is 20.8. The van der Waals surface area contributed by atoms with E-state index in [-0.39, 0.29) is 17.0 Å². The predicted molar refractivity (Wildman–Crippen MR) is 150 cm³/mol. The number of esters is 1. The van der Waals surface area contributed by atoms with Crippen LogP contribution in [0.2, 0.25) is 0 Å². The minimum atomic E-state index is -3.72. The third-order valence-electron chi connectivity index (χ3n) is 6.62. The van der Waals surface area contributed by atoms with E-state index in [4.69, 9.17) is 9.72 Å². The van der Waals surface area contributed by atoms with Crippen LogP contribution in [0, 0.1) is 0 Å². The molecule has 1 saturated heterocycles. The first-order valence-corrected chi connectivity index (χ1v) is 14.8. The van der Waals surface area contributed by atoms with Crippen LogP contribution in [0.1, 0.15) is 22.8 Å². The predicted octanol–water partition coefficient (Wildman–Crippen LogP) is 4.48. The average molecular weight is 551 g/mol. The Balaban J connectivity index is 1.27. The van der Waals surface area contributed by atoms with Gasteiger partial charge in [0.25, 0.3) is 0 Å². The standard InChI is InChI=1S/C28H30N4O4S2/c1-3-32(20-21-7-5-4-6-8-21)38(34,35)24-12-9-22(10-13-24)27(33)36-23-11-14-25-26(19-23)37-28(29-25)31-17-15-30(2)16-18-31/h4-14,19H,3,15-18,20H2,1-2H3. The summed E-state index contributed by atoms with van der Waals surface area (Å²) in [4.78, 5) is 22.3. The summed E-state index contributed by atoms with van der Waals surface area (Å²) in [5.41, 5.74) is 2.05. The van der Waals surface area contributed by atoms with Crippen LogP contribution in [-0.4, -0.2) is 68.3 Å². The number of thiazole rings is 1. The average Bonchev–Trinajstić information content (AvgIpc) is 3.36. The van der Waals surface area contributed by atoms with E-state index in [0.29, 0.717) is 12.3 Å². The second-order valence-corrected chi connectivity index (χ2v) is 12.2. The van der Waals surface area contributed by atoms with E-state index in [9.17, 15) is 13.2 Å². The number of aromatic nitrogens is 1. The summed E-state index contributed by atoms with van der Waals surface area (Å²) in [6.07, 6.45) is 0. The number of benzene rings is 3. The van der Waals surface area contributed by atoms with Gasteiger partial charge in [-0.25, -0.2) is 18.2 Å². The van der Waals surface area contributed by atoms with Crippen molar-refractivity contribution in [3.05, 3.63) is 83.9 Å². The molecule has 0 N–H and O–H groups in total. The molecule has 0 amide bonds. The number of carbonyl (C=O) groups is 1. The second kappa shape index (κ2) is 11.2. The lowest BCUT2D eigenvalue weighted by Crippen LogP contribution is -2.44. The van der Waals surface area contributed by atoms with Gasteiger partial charge in [-0.05, 0) is 49.0 Å². The Morgan fingerprint density at radius 1 is 1.00 bits per heavy atom. The topological polar surface area (TPSA) is 83.0 Å². The van der Waals surface area contributed by atoms with Gasteiger partial charge in [-0.2, -0.15) is 4.31 Å². The van der Waals surface area contributed by atoms with E-state index in [1.807, 2.05) is 42.5 Å². The molecule has 0 spiro atoms. The zero-order valence-corrected chi connectivity index (χ0v) is 23.0. The summed E-state index contributed by atoms with van der Waals surface area (Å²) in [5.74, 6) is -0.124. The third kappa shape index (κ3) is 5.73. The maximum Gasteiger partial charge on any atom is 0.343 e. The number of ether oxygens (including phenoxy) is 1. The van der Waals surface area contributed by atoms with Gasteiger partial charge in [0.15, 0.2) is 5.13 Å². The van der Waals surface area contributed by atoms with Crippen molar-refractivity contribution >= 4 is 42.7 Å². The van der Waals surface area contributed by atoms with Crippen LogP contribution in [0.4, 0.5) is 5.13 Å². The maximum absolute atomic E-state index is 13.2. The monoisotopic (exact) mass is 550 g/mol. The van der Waals surface area contributed by atoms with Gasteiger partial charge in [0.1, 0.15) is 5.75 Å². The Labute approximate surface area is 227 Å². The van der Waals surface area contributed by atoms with Gasteiger partial charge in [0.05, 0.1) is 20.7 Å². The van der Waals surface area contributed by atoms with Crippen molar-refractivity contribution in [3.63, 3.8) is 0 Å². The van der Waals surface area contributed by atoms with Gasteiger partial charge in [0, 0.05) is 45.3 Å². The first kappa shape index (κ1) is 26.3. The molecule has 38 heavy (non-hydrogen) atoms. The van der Waals surface area contributed by atoms with Gasteiger partial charge in [-0.15, -0.1) is 0 Å². The molecule has 0 radical (unpaired) electrons. The molecule has 8 nitrogen and oxygen atoms in total. The highest BCUT2D eigenvalue weighted by Crippen LogP contribution is 2.32. The van der Waals surface area contributed by atoms with E-state index < -0.39 is 16.0 Å². The number of carbonyl (C=O) groups excluding carboxylic acids is 1. The lowest BCUT2D eigenvalue weighted by atomic mass is 10.2. The van der Waals surface area contributed by atoms with Gasteiger partial charge in [0.2, 0.25) is 10.0 Å². The van der Waals surface area contributed by atoms with Gasteiger partial charge in [-0.3, -0.25) is 0 Å². The molecule has 0 unspecified atom stereocenters. The third-order valence-corrected chi connectivity index (χ3v) is 9.63. The molecule has 1 aliphatic heterocycles. The molecule has 0 aliphatic carbocycles. The Morgan fingerprint density at radius 3 is 2.39 bits per heavy atom. The Hall–Kier alpha value is -3.31. The Kier molecular flexibility index (Phi) is 7.75. The van der Waals surface area contributed by atoms with E-state index in [1.165, 1.54) is 28.6 Å². The van der Waals surface area contributed by atoms with Crippen molar-refractivity contribution in [2.45, 2.75) is 18.4 Å². The number of sulfonamides is 1. The Morgan fingerprint density at radius 2 is 1.71 bits per heavy atom. The molecule has 0 saturated carbocycles. The zero-order valence-electron chi connectivity index (χ0n) is 21.4. The summed E-state index contributed by atoms with van der Waals surface area (Å²) in [7, 11) is -1.60. The van der Waals surface area contributed by atoms with Gasteiger partial charge < -0.3 is 14.5 Å². The van der Waals surface area contributed by atoms with E-state index in [1.54, 1.807) is 24.3 Å². The molecule has 5 rings (SSSR count). The lowest BCUT2D eigenvalue weighted by molar-refractivity contribution is 0.0735. The van der Waals surface area contributed by atoms with Gasteiger partial charge >= 0.3 is 5.97 Å². The van der Waals surface area contributed by atoms with Crippen LogP contribution in [0.15, 0.2) is 77.7 Å². The second-order valence-electron chi connectivity index (χ2n) is 9.25. The van der Waals surface area contributed by atoms with Crippen molar-refractivity contribution < 1.29 is 17.9 Å². The number of rotatable bonds is 8. The summed E-state index contributed by atoms with van der Waals surface area (Å²) >= 11 is 1.59. The Bertz CT molecular complexity index is 1510. The number of nitrogens with zero attached hydrogens (tertiary/aromatic N) is 4. The highest BCUT2D eigenvalue weighted by molar-refractivity contribution is 7.89. The molecular weight excluding hydrogens is 520 g/mol. The largest absolute Gasteiger partial charge is 0.423 e. The van der Waals surface area contributed by atoms with Crippen LogP contribution in [0.3, 0.4) is 0 Å². The highest BCUT2D eigenvalue weighted by atomic mass is 32.2. The molecule has 3 aromatic carbocycles. The molecule has 0 bridgehead atoms. The van der Waals surface area contributed by atoms with E-state index >= 15 is 0 Å². The molecule has 1 aliphatic rings. The molecule has 10 heteroatoms. The number of likely N-dealkylation sites (N-methyl/N-ethyl adjacent to an activating group) is 1. The number of fused-ring (bicyclic) bond motifs is 1. The normalized spacial score (nSPS) is 14.8. The number of hydrogen-bond acceptors (Lipinski definition) is 8. The van der Waals surface area contributed by atoms with Crippen molar-refractivity contribution in [1.29, 1.82) is 0 Å².